The summed E-state index contributed by atoms with van der Waals surface area (Å²) in [7, 11) is -3.28. The van der Waals surface area contributed by atoms with E-state index in [1.165, 1.54) is 4.31 Å². The number of hydrogen-bond donors (Lipinski definition) is 1. The monoisotopic (exact) mass is 447 g/mol. The van der Waals surface area contributed by atoms with E-state index in [0.29, 0.717) is 29.9 Å². The summed E-state index contributed by atoms with van der Waals surface area (Å²) in [4.78, 5) is 17.1. The number of rotatable bonds is 5. The molecule has 1 saturated heterocycles. The van der Waals surface area contributed by atoms with E-state index in [2.05, 4.69) is 10.3 Å². The van der Waals surface area contributed by atoms with Crippen molar-refractivity contribution in [1.29, 1.82) is 0 Å². The van der Waals surface area contributed by atoms with Gasteiger partial charge in [0.2, 0.25) is 15.9 Å². The Morgan fingerprint density at radius 2 is 1.83 bits per heavy atom. The van der Waals surface area contributed by atoms with Crippen molar-refractivity contribution in [3.8, 4) is 11.3 Å². The van der Waals surface area contributed by atoms with Crippen molar-refractivity contribution in [3.63, 3.8) is 0 Å². The molecule has 1 amide bonds. The molecule has 1 aromatic heterocycles. The normalized spacial score (nSPS) is 16.2. The Bertz CT molecular complexity index is 1010. The number of sulfonamides is 1. The molecule has 158 valence electrons. The first-order chi connectivity index (χ1) is 13.6. The maximum atomic E-state index is 14.0. The molecule has 0 unspecified atom stereocenters. The third-order valence-corrected chi connectivity index (χ3v) is 7.62. The lowest BCUT2D eigenvalue weighted by Gasteiger charge is -2.30. The van der Waals surface area contributed by atoms with Gasteiger partial charge in [0, 0.05) is 36.0 Å². The van der Waals surface area contributed by atoms with E-state index in [9.17, 15) is 26.4 Å². The minimum atomic E-state index is -3.28. The van der Waals surface area contributed by atoms with Crippen molar-refractivity contribution in [2.45, 2.75) is 26.7 Å². The largest absolute Gasteiger partial charge is 0.302 e. The second-order valence-electron chi connectivity index (χ2n) is 6.73. The van der Waals surface area contributed by atoms with Crippen molar-refractivity contribution < 1.29 is 26.4 Å². The third kappa shape index (κ3) is 4.62. The average Bonchev–Trinajstić information content (AvgIpc) is 3.00. The Kier molecular flexibility index (Phi) is 6.30. The molecule has 11 heteroatoms. The Hall–Kier alpha value is -1.98. The lowest BCUT2D eigenvalue weighted by atomic mass is 9.97. The van der Waals surface area contributed by atoms with Crippen LogP contribution in [0.1, 0.15) is 24.6 Å². The molecule has 1 fully saturated rings. The molecule has 0 aliphatic carbocycles. The van der Waals surface area contributed by atoms with Gasteiger partial charge >= 0.3 is 0 Å². The minimum Gasteiger partial charge on any atom is -0.302 e. The van der Waals surface area contributed by atoms with Gasteiger partial charge in [0.05, 0.1) is 17.0 Å². The van der Waals surface area contributed by atoms with E-state index in [0.717, 1.165) is 11.3 Å². The highest BCUT2D eigenvalue weighted by molar-refractivity contribution is 7.89. The van der Waals surface area contributed by atoms with E-state index in [-0.39, 0.29) is 41.5 Å². The molecular weight excluding hydrogens is 427 g/mol. The Balaban J connectivity index is 1.71. The lowest BCUT2D eigenvalue weighted by Crippen LogP contribution is -2.42. The quantitative estimate of drug-likeness (QED) is 0.761. The van der Waals surface area contributed by atoms with Crippen LogP contribution in [0.15, 0.2) is 12.1 Å². The van der Waals surface area contributed by atoms with Crippen molar-refractivity contribution in [1.82, 2.24) is 9.29 Å². The van der Waals surface area contributed by atoms with Crippen LogP contribution >= 0.6 is 11.3 Å². The molecule has 2 heterocycles. The first-order valence-electron chi connectivity index (χ1n) is 9.03. The second-order valence-corrected chi connectivity index (χ2v) is 10.2. The van der Waals surface area contributed by atoms with Crippen LogP contribution in [-0.4, -0.2) is 42.5 Å². The van der Waals surface area contributed by atoms with Crippen LogP contribution in [0.2, 0.25) is 0 Å². The van der Waals surface area contributed by atoms with E-state index in [1.807, 2.05) is 0 Å². The number of aryl methyl sites for hydroxylation is 1. The number of thiazole rings is 1. The van der Waals surface area contributed by atoms with E-state index >= 15 is 0 Å². The predicted octanol–water partition coefficient (Wildman–Crippen LogP) is 3.54. The van der Waals surface area contributed by atoms with Crippen LogP contribution in [0.25, 0.3) is 11.3 Å². The molecule has 1 aliphatic rings. The van der Waals surface area contributed by atoms with Crippen LogP contribution in [0.5, 0.6) is 0 Å². The molecule has 29 heavy (non-hydrogen) atoms. The highest BCUT2D eigenvalue weighted by Crippen LogP contribution is 2.34. The molecule has 1 aromatic carbocycles. The van der Waals surface area contributed by atoms with Crippen LogP contribution in [0.3, 0.4) is 0 Å². The number of benzene rings is 1. The van der Waals surface area contributed by atoms with Gasteiger partial charge in [-0.15, -0.1) is 11.3 Å². The number of amides is 1. The van der Waals surface area contributed by atoms with E-state index in [4.69, 9.17) is 0 Å². The minimum absolute atomic E-state index is 0.00385. The van der Waals surface area contributed by atoms with Crippen molar-refractivity contribution in [2.24, 2.45) is 5.92 Å². The third-order valence-electron chi connectivity index (χ3n) is 4.85. The summed E-state index contributed by atoms with van der Waals surface area (Å²) >= 11 is 1.06. The molecule has 6 nitrogen and oxygen atoms in total. The molecule has 1 N–H and O–H groups in total. The Labute approximate surface area is 170 Å². The maximum absolute atomic E-state index is 14.0. The standard InChI is InChI=1S/C18H20F3N3O3S2/c1-3-29(26,27)24-6-4-11(5-7-24)17(25)23-18-22-16(10(2)28-18)15-13(20)8-12(19)9-14(15)21/h8-9,11H,3-7H2,1-2H3,(H,22,23,25). The predicted molar refractivity (Wildman–Crippen MR) is 105 cm³/mol. The zero-order valence-electron chi connectivity index (χ0n) is 15.8. The molecule has 3 rings (SSSR count). The van der Waals surface area contributed by atoms with Crippen molar-refractivity contribution in [3.05, 3.63) is 34.5 Å². The highest BCUT2D eigenvalue weighted by Gasteiger charge is 2.30. The number of nitrogens with zero attached hydrogens (tertiary/aromatic N) is 2. The summed E-state index contributed by atoms with van der Waals surface area (Å²) in [6, 6.07) is 1.15. The number of hydrogen-bond acceptors (Lipinski definition) is 5. The molecule has 0 bridgehead atoms. The van der Waals surface area contributed by atoms with E-state index in [1.54, 1.807) is 13.8 Å². The fourth-order valence-corrected chi connectivity index (χ4v) is 5.19. The number of nitrogens with one attached hydrogen (secondary N) is 1. The first kappa shape index (κ1) is 21.7. The van der Waals surface area contributed by atoms with Gasteiger partial charge < -0.3 is 5.32 Å². The topological polar surface area (TPSA) is 79.4 Å². The number of piperidine rings is 1. The van der Waals surface area contributed by atoms with Gasteiger partial charge in [-0.3, -0.25) is 4.79 Å². The molecule has 0 radical (unpaired) electrons. The lowest BCUT2D eigenvalue weighted by molar-refractivity contribution is -0.120. The molecular formula is C18H20F3N3O3S2. The number of halogens is 3. The van der Waals surface area contributed by atoms with Gasteiger partial charge in [-0.2, -0.15) is 0 Å². The summed E-state index contributed by atoms with van der Waals surface area (Å²) in [5.74, 6) is -3.86. The molecule has 0 saturated carbocycles. The summed E-state index contributed by atoms with van der Waals surface area (Å²) in [6.07, 6.45) is 0.757. The smallest absolute Gasteiger partial charge is 0.229 e. The van der Waals surface area contributed by atoms with Crippen molar-refractivity contribution in [2.75, 3.05) is 24.2 Å². The second kappa shape index (κ2) is 8.41. The fraction of sp³-hybridized carbons (Fsp3) is 0.444. The maximum Gasteiger partial charge on any atom is 0.229 e. The van der Waals surface area contributed by atoms with Crippen LogP contribution in [0, 0.1) is 30.3 Å². The van der Waals surface area contributed by atoms with Gasteiger partial charge in [0.1, 0.15) is 17.5 Å². The van der Waals surface area contributed by atoms with E-state index < -0.39 is 33.0 Å². The number of anilines is 1. The average molecular weight is 448 g/mol. The van der Waals surface area contributed by atoms with Gasteiger partial charge in [-0.05, 0) is 26.7 Å². The summed E-state index contributed by atoms with van der Waals surface area (Å²) < 4.78 is 66.4. The van der Waals surface area contributed by atoms with Crippen LogP contribution < -0.4 is 5.32 Å². The zero-order chi connectivity index (χ0) is 21.3. The number of carbonyl (C=O) groups excluding carboxylic acids is 1. The SMILES string of the molecule is CCS(=O)(=O)N1CCC(C(=O)Nc2nc(-c3c(F)cc(F)cc3F)c(C)s2)CC1. The van der Waals surface area contributed by atoms with Gasteiger partial charge in [0.25, 0.3) is 0 Å². The van der Waals surface area contributed by atoms with Gasteiger partial charge in [0.15, 0.2) is 5.13 Å². The first-order valence-corrected chi connectivity index (χ1v) is 11.5. The van der Waals surface area contributed by atoms with Crippen molar-refractivity contribution >= 4 is 32.4 Å². The summed E-state index contributed by atoms with van der Waals surface area (Å²) in [5, 5.41) is 2.82. The summed E-state index contributed by atoms with van der Waals surface area (Å²) in [6.45, 7) is 3.70. The Morgan fingerprint density at radius 1 is 1.24 bits per heavy atom. The van der Waals surface area contributed by atoms with Gasteiger partial charge in [-0.25, -0.2) is 30.9 Å². The number of aromatic nitrogens is 1. The fourth-order valence-electron chi connectivity index (χ4n) is 3.24. The molecule has 0 spiro atoms. The molecule has 1 aliphatic heterocycles. The molecule has 0 atom stereocenters. The van der Waals surface area contributed by atoms with Crippen LogP contribution in [0.4, 0.5) is 18.3 Å². The zero-order valence-corrected chi connectivity index (χ0v) is 17.5. The highest BCUT2D eigenvalue weighted by atomic mass is 32.2. The summed E-state index contributed by atoms with van der Waals surface area (Å²) in [5.41, 5.74) is -0.442. The molecule has 2 aromatic rings. The van der Waals surface area contributed by atoms with Crippen LogP contribution in [-0.2, 0) is 14.8 Å². The number of carbonyl (C=O) groups is 1. The Morgan fingerprint density at radius 3 is 2.38 bits per heavy atom. The van der Waals surface area contributed by atoms with Gasteiger partial charge in [-0.1, -0.05) is 0 Å².